The molecule has 188 valence electrons. The minimum atomic E-state index is 0.760. The van der Waals surface area contributed by atoms with Gasteiger partial charge in [-0.15, -0.1) is 22.7 Å². The molecule has 0 N–H and O–H groups in total. The van der Waals surface area contributed by atoms with E-state index in [1.165, 1.54) is 41.4 Å². The van der Waals surface area contributed by atoms with Crippen LogP contribution in [0.25, 0.3) is 74.6 Å². The fraction of sp³-hybridized carbons (Fsp3) is 0. The Bertz CT molecular complexity index is 2120. The van der Waals surface area contributed by atoms with Gasteiger partial charge in [0.15, 0.2) is 5.82 Å². The molecular weight excluding hydrogens is 525 g/mol. The Labute approximate surface area is 239 Å². The fourth-order valence-electron chi connectivity index (χ4n) is 5.29. The fourth-order valence-corrected chi connectivity index (χ4v) is 7.38. The molecule has 0 unspecified atom stereocenters. The van der Waals surface area contributed by atoms with Crippen LogP contribution in [0.3, 0.4) is 0 Å². The van der Waals surface area contributed by atoms with Crippen LogP contribution in [0.4, 0.5) is 0 Å². The first kappa shape index (κ1) is 23.3. The van der Waals surface area contributed by atoms with Gasteiger partial charge in [0.1, 0.15) is 0 Å². The molecule has 8 rings (SSSR count). The Morgan fingerprint density at radius 1 is 0.400 bits per heavy atom. The van der Waals surface area contributed by atoms with Gasteiger partial charge in [-0.05, 0) is 52.9 Å². The van der Waals surface area contributed by atoms with E-state index in [0.29, 0.717) is 0 Å². The number of benzene rings is 5. The number of aromatic nitrogens is 2. The summed E-state index contributed by atoms with van der Waals surface area (Å²) in [5, 5.41) is 3.78. The molecule has 3 aromatic heterocycles. The summed E-state index contributed by atoms with van der Waals surface area (Å²) in [5.74, 6) is 0.760. The van der Waals surface area contributed by atoms with Crippen molar-refractivity contribution in [1.82, 2.24) is 9.97 Å². The lowest BCUT2D eigenvalue weighted by Crippen LogP contribution is -1.95. The average molecular weight is 547 g/mol. The lowest BCUT2D eigenvalue weighted by Gasteiger charge is -2.09. The van der Waals surface area contributed by atoms with Gasteiger partial charge >= 0.3 is 0 Å². The largest absolute Gasteiger partial charge is 0.227 e. The number of rotatable bonds is 4. The molecular formula is C36H22N2S2. The van der Waals surface area contributed by atoms with Crippen LogP contribution in [0, 0.1) is 0 Å². The van der Waals surface area contributed by atoms with Crippen LogP contribution in [0.5, 0.6) is 0 Å². The van der Waals surface area contributed by atoms with Crippen molar-refractivity contribution < 1.29 is 0 Å². The van der Waals surface area contributed by atoms with E-state index in [1.807, 2.05) is 17.4 Å². The van der Waals surface area contributed by atoms with Crippen LogP contribution in [0.2, 0.25) is 0 Å². The quantitative estimate of drug-likeness (QED) is 0.219. The molecule has 8 aromatic rings. The lowest BCUT2D eigenvalue weighted by molar-refractivity contribution is 1.19. The van der Waals surface area contributed by atoms with Crippen molar-refractivity contribution in [1.29, 1.82) is 0 Å². The molecule has 40 heavy (non-hydrogen) atoms. The van der Waals surface area contributed by atoms with Crippen LogP contribution in [0.15, 0.2) is 133 Å². The third kappa shape index (κ3) is 4.10. The van der Waals surface area contributed by atoms with Gasteiger partial charge in [-0.2, -0.15) is 0 Å². The number of hydrogen-bond donors (Lipinski definition) is 0. The van der Waals surface area contributed by atoms with Crippen molar-refractivity contribution in [3.63, 3.8) is 0 Å². The van der Waals surface area contributed by atoms with Crippen LogP contribution in [-0.4, -0.2) is 9.97 Å². The van der Waals surface area contributed by atoms with Gasteiger partial charge in [-0.25, -0.2) is 9.97 Å². The van der Waals surface area contributed by atoms with E-state index in [1.54, 1.807) is 11.3 Å². The van der Waals surface area contributed by atoms with E-state index in [9.17, 15) is 0 Å². The Kier molecular flexibility index (Phi) is 5.54. The van der Waals surface area contributed by atoms with E-state index < -0.39 is 0 Å². The number of nitrogens with zero attached hydrogens (tertiary/aromatic N) is 2. The molecule has 0 aliphatic carbocycles. The summed E-state index contributed by atoms with van der Waals surface area (Å²) < 4.78 is 3.84. The van der Waals surface area contributed by atoms with Gasteiger partial charge in [-0.3, -0.25) is 0 Å². The first-order valence-corrected chi connectivity index (χ1v) is 14.9. The third-order valence-electron chi connectivity index (χ3n) is 7.33. The third-order valence-corrected chi connectivity index (χ3v) is 9.60. The molecule has 3 heterocycles. The molecule has 0 saturated carbocycles. The van der Waals surface area contributed by atoms with Crippen LogP contribution < -0.4 is 0 Å². The first-order valence-electron chi connectivity index (χ1n) is 13.2. The standard InChI is InChI=1S/C36H22N2S2/c1-2-8-23(9-3-1)24-14-16-25(17-15-24)30-22-31(38-36(37-30)35-21-27-10-4-6-12-32(27)39-35)26-18-19-34-29(20-26)28-11-5-7-13-33(28)40-34/h1-22H. The predicted molar refractivity (Wildman–Crippen MR) is 172 cm³/mol. The maximum atomic E-state index is 5.13. The maximum absolute atomic E-state index is 5.13. The molecule has 0 aliphatic rings. The van der Waals surface area contributed by atoms with Gasteiger partial charge in [0.2, 0.25) is 0 Å². The normalized spacial score (nSPS) is 11.5. The molecule has 0 fully saturated rings. The molecule has 0 amide bonds. The Morgan fingerprint density at radius 2 is 1.02 bits per heavy atom. The highest BCUT2D eigenvalue weighted by molar-refractivity contribution is 7.25. The van der Waals surface area contributed by atoms with Crippen molar-refractivity contribution in [2.45, 2.75) is 0 Å². The summed E-state index contributed by atoms with van der Waals surface area (Å²) in [6, 6.07) is 47.3. The maximum Gasteiger partial charge on any atom is 0.170 e. The van der Waals surface area contributed by atoms with Crippen LogP contribution in [0.1, 0.15) is 0 Å². The zero-order valence-electron chi connectivity index (χ0n) is 21.4. The van der Waals surface area contributed by atoms with Crippen LogP contribution >= 0.6 is 22.7 Å². The molecule has 4 heteroatoms. The zero-order valence-corrected chi connectivity index (χ0v) is 23.0. The first-order chi connectivity index (χ1) is 19.8. The van der Waals surface area contributed by atoms with Gasteiger partial charge < -0.3 is 0 Å². The van der Waals surface area contributed by atoms with Crippen molar-refractivity contribution in [2.75, 3.05) is 0 Å². The molecule has 0 saturated heterocycles. The summed E-state index contributed by atoms with van der Waals surface area (Å²) >= 11 is 3.58. The smallest absolute Gasteiger partial charge is 0.170 e. The summed E-state index contributed by atoms with van der Waals surface area (Å²) in [7, 11) is 0. The SMILES string of the molecule is c1ccc(-c2ccc(-c3cc(-c4ccc5sc6ccccc6c5c4)nc(-c4cc5ccccc5s4)n3)cc2)cc1. The molecule has 0 atom stereocenters. The number of thiophene rings is 2. The summed E-state index contributed by atoms with van der Waals surface area (Å²) in [4.78, 5) is 11.3. The average Bonchev–Trinajstić information content (AvgIpc) is 3.63. The highest BCUT2D eigenvalue weighted by atomic mass is 32.1. The Morgan fingerprint density at radius 3 is 1.85 bits per heavy atom. The van der Waals surface area contributed by atoms with Crippen molar-refractivity contribution in [3.05, 3.63) is 133 Å². The zero-order chi connectivity index (χ0) is 26.5. The second-order valence-electron chi connectivity index (χ2n) is 9.86. The van der Waals surface area contributed by atoms with Crippen molar-refractivity contribution in [2.24, 2.45) is 0 Å². The van der Waals surface area contributed by atoms with Crippen LogP contribution in [-0.2, 0) is 0 Å². The number of fused-ring (bicyclic) bond motifs is 4. The molecule has 5 aromatic carbocycles. The minimum Gasteiger partial charge on any atom is -0.227 e. The molecule has 2 nitrogen and oxygen atoms in total. The molecule has 0 bridgehead atoms. The minimum absolute atomic E-state index is 0.760. The number of hydrogen-bond acceptors (Lipinski definition) is 4. The Balaban J connectivity index is 1.29. The van der Waals surface area contributed by atoms with Gasteiger partial charge in [0.05, 0.1) is 16.3 Å². The molecule has 0 spiro atoms. The molecule has 0 aliphatic heterocycles. The molecule has 0 radical (unpaired) electrons. The monoisotopic (exact) mass is 546 g/mol. The van der Waals surface area contributed by atoms with E-state index in [-0.39, 0.29) is 0 Å². The highest BCUT2D eigenvalue weighted by Crippen LogP contribution is 2.38. The van der Waals surface area contributed by atoms with E-state index in [0.717, 1.165) is 33.2 Å². The Hall–Kier alpha value is -4.64. The van der Waals surface area contributed by atoms with Crippen molar-refractivity contribution >= 4 is 52.9 Å². The van der Waals surface area contributed by atoms with E-state index >= 15 is 0 Å². The second-order valence-corrected chi connectivity index (χ2v) is 12.0. The predicted octanol–water partition coefficient (Wildman–Crippen LogP) is 10.7. The summed E-state index contributed by atoms with van der Waals surface area (Å²) in [6.07, 6.45) is 0. The highest BCUT2D eigenvalue weighted by Gasteiger charge is 2.14. The topological polar surface area (TPSA) is 25.8 Å². The van der Waals surface area contributed by atoms with E-state index in [2.05, 4.69) is 127 Å². The van der Waals surface area contributed by atoms with Gasteiger partial charge in [0, 0.05) is 36.0 Å². The van der Waals surface area contributed by atoms with E-state index in [4.69, 9.17) is 9.97 Å². The lowest BCUT2D eigenvalue weighted by atomic mass is 10.0. The van der Waals surface area contributed by atoms with Crippen molar-refractivity contribution in [3.8, 4) is 44.3 Å². The van der Waals surface area contributed by atoms with Gasteiger partial charge in [0.25, 0.3) is 0 Å². The summed E-state index contributed by atoms with van der Waals surface area (Å²) in [6.45, 7) is 0. The summed E-state index contributed by atoms with van der Waals surface area (Å²) in [5.41, 5.74) is 6.43. The second kappa shape index (κ2) is 9.53. The van der Waals surface area contributed by atoms with Gasteiger partial charge in [-0.1, -0.05) is 97.1 Å².